The van der Waals surface area contributed by atoms with Crippen molar-refractivity contribution in [3.63, 3.8) is 0 Å². The minimum absolute atomic E-state index is 0.201. The predicted molar refractivity (Wildman–Crippen MR) is 80.4 cm³/mol. The van der Waals surface area contributed by atoms with Crippen LogP contribution in [0.1, 0.15) is 44.6 Å². The maximum Gasteiger partial charge on any atom is 0.241 e. The summed E-state index contributed by atoms with van der Waals surface area (Å²) in [5, 5.41) is 3.31. The van der Waals surface area contributed by atoms with Crippen LogP contribution in [0.25, 0.3) is 0 Å². The molecule has 3 rings (SSSR count). The number of anilines is 1. The number of sulfonamides is 1. The minimum Gasteiger partial charge on any atom is -0.385 e. The number of benzene rings is 1. The van der Waals surface area contributed by atoms with Gasteiger partial charge in [0, 0.05) is 17.8 Å². The van der Waals surface area contributed by atoms with Crippen molar-refractivity contribution in [1.29, 1.82) is 0 Å². The van der Waals surface area contributed by atoms with Gasteiger partial charge >= 0.3 is 0 Å². The molecule has 1 saturated carbocycles. The molecule has 0 amide bonds. The minimum atomic E-state index is -3.40. The molecule has 1 aliphatic heterocycles. The molecule has 1 fully saturated rings. The van der Waals surface area contributed by atoms with Crippen LogP contribution >= 0.6 is 0 Å². The summed E-state index contributed by atoms with van der Waals surface area (Å²) < 4.78 is 28.0. The zero-order valence-electron chi connectivity index (χ0n) is 11.9. The highest BCUT2D eigenvalue weighted by Gasteiger charge is 2.39. The molecule has 1 heterocycles. The first-order chi connectivity index (χ1) is 9.55. The summed E-state index contributed by atoms with van der Waals surface area (Å²) in [5.74, 6) is 0. The average Bonchev–Trinajstić information content (AvgIpc) is 2.42. The Morgan fingerprint density at radius 1 is 1.30 bits per heavy atom. The maximum atomic E-state index is 12.6. The van der Waals surface area contributed by atoms with E-state index in [9.17, 15) is 8.42 Å². The molecule has 5 heteroatoms. The van der Waals surface area contributed by atoms with E-state index in [1.807, 2.05) is 12.1 Å². The van der Waals surface area contributed by atoms with Crippen molar-refractivity contribution in [3.8, 4) is 0 Å². The number of rotatable bonds is 4. The van der Waals surface area contributed by atoms with Gasteiger partial charge in [0.2, 0.25) is 10.0 Å². The second kappa shape index (κ2) is 5.04. The van der Waals surface area contributed by atoms with Crippen LogP contribution in [0.4, 0.5) is 5.69 Å². The molecule has 110 valence electrons. The highest BCUT2D eigenvalue weighted by atomic mass is 32.2. The first-order valence-electron chi connectivity index (χ1n) is 7.45. The van der Waals surface area contributed by atoms with E-state index in [1.54, 1.807) is 6.07 Å². The third kappa shape index (κ3) is 2.44. The molecule has 0 atom stereocenters. The summed E-state index contributed by atoms with van der Waals surface area (Å²) in [6.07, 6.45) is 5.89. The maximum absolute atomic E-state index is 12.6. The van der Waals surface area contributed by atoms with Crippen molar-refractivity contribution < 1.29 is 8.42 Å². The van der Waals surface area contributed by atoms with Gasteiger partial charge in [-0.1, -0.05) is 6.92 Å². The van der Waals surface area contributed by atoms with E-state index in [2.05, 4.69) is 17.0 Å². The van der Waals surface area contributed by atoms with Crippen molar-refractivity contribution in [1.82, 2.24) is 4.72 Å². The van der Waals surface area contributed by atoms with E-state index in [-0.39, 0.29) is 5.54 Å². The summed E-state index contributed by atoms with van der Waals surface area (Å²) in [6.45, 7) is 3.02. The van der Waals surface area contributed by atoms with Crippen LogP contribution in [0.2, 0.25) is 0 Å². The third-order valence-corrected chi connectivity index (χ3v) is 6.24. The first-order valence-corrected chi connectivity index (χ1v) is 8.94. The molecule has 1 aromatic rings. The van der Waals surface area contributed by atoms with Crippen LogP contribution in [0.5, 0.6) is 0 Å². The van der Waals surface area contributed by atoms with Crippen molar-refractivity contribution in [2.75, 3.05) is 11.9 Å². The molecular formula is C15H22N2O2S. The van der Waals surface area contributed by atoms with Gasteiger partial charge in [-0.05, 0) is 62.3 Å². The Kier molecular flexibility index (Phi) is 3.50. The number of hydrogen-bond acceptors (Lipinski definition) is 3. The first kappa shape index (κ1) is 13.9. The summed E-state index contributed by atoms with van der Waals surface area (Å²) in [6, 6.07) is 5.43. The van der Waals surface area contributed by atoms with E-state index < -0.39 is 10.0 Å². The van der Waals surface area contributed by atoms with Gasteiger partial charge in [0.05, 0.1) is 4.90 Å². The van der Waals surface area contributed by atoms with Gasteiger partial charge in [0.1, 0.15) is 0 Å². The van der Waals surface area contributed by atoms with E-state index >= 15 is 0 Å². The van der Waals surface area contributed by atoms with Gasteiger partial charge < -0.3 is 5.32 Å². The van der Waals surface area contributed by atoms with E-state index in [1.165, 1.54) is 0 Å². The highest BCUT2D eigenvalue weighted by molar-refractivity contribution is 7.89. The van der Waals surface area contributed by atoms with Crippen LogP contribution in [0.15, 0.2) is 23.1 Å². The topological polar surface area (TPSA) is 58.2 Å². The second-order valence-electron chi connectivity index (χ2n) is 5.94. The summed E-state index contributed by atoms with van der Waals surface area (Å²) >= 11 is 0. The number of aryl methyl sites for hydroxylation is 1. The Morgan fingerprint density at radius 3 is 2.75 bits per heavy atom. The Labute approximate surface area is 121 Å². The normalized spacial score (nSPS) is 20.6. The van der Waals surface area contributed by atoms with Crippen molar-refractivity contribution in [3.05, 3.63) is 23.8 Å². The Hall–Kier alpha value is -1.07. The summed E-state index contributed by atoms with van der Waals surface area (Å²) in [7, 11) is -3.40. The molecule has 0 unspecified atom stereocenters. The Morgan fingerprint density at radius 2 is 2.10 bits per heavy atom. The summed E-state index contributed by atoms with van der Waals surface area (Å²) in [5.41, 5.74) is 1.98. The van der Waals surface area contributed by atoms with Crippen molar-refractivity contribution >= 4 is 15.7 Å². The van der Waals surface area contributed by atoms with Gasteiger partial charge in [0.15, 0.2) is 0 Å². The molecule has 0 bridgehead atoms. The van der Waals surface area contributed by atoms with Gasteiger partial charge in [-0.15, -0.1) is 0 Å². The Bertz CT molecular complexity index is 601. The standard InChI is InChI=1S/C15H22N2O2S/c1-2-15(8-4-9-15)17-20(18,19)13-6-7-14-12(11-13)5-3-10-16-14/h6-7,11,16-17H,2-5,8-10H2,1H3. The lowest BCUT2D eigenvalue weighted by Crippen LogP contribution is -2.52. The zero-order valence-corrected chi connectivity index (χ0v) is 12.7. The SMILES string of the molecule is CCC1(NS(=O)(=O)c2ccc3c(c2)CCCN3)CCC1. The molecule has 0 radical (unpaired) electrons. The van der Waals surface area contributed by atoms with E-state index in [0.29, 0.717) is 4.90 Å². The fourth-order valence-electron chi connectivity index (χ4n) is 3.09. The fourth-order valence-corrected chi connectivity index (χ4v) is 4.67. The monoisotopic (exact) mass is 294 g/mol. The molecule has 20 heavy (non-hydrogen) atoms. The molecule has 1 aliphatic carbocycles. The van der Waals surface area contributed by atoms with Crippen LogP contribution in [-0.2, 0) is 16.4 Å². The second-order valence-corrected chi connectivity index (χ2v) is 7.62. The van der Waals surface area contributed by atoms with Gasteiger partial charge in [-0.3, -0.25) is 0 Å². The van der Waals surface area contributed by atoms with E-state index in [4.69, 9.17) is 0 Å². The number of fused-ring (bicyclic) bond motifs is 1. The van der Waals surface area contributed by atoms with Gasteiger partial charge in [-0.25, -0.2) is 13.1 Å². The van der Waals surface area contributed by atoms with E-state index in [0.717, 1.165) is 56.3 Å². The molecule has 0 saturated heterocycles. The average molecular weight is 294 g/mol. The van der Waals surface area contributed by atoms with Crippen LogP contribution in [0.3, 0.4) is 0 Å². The number of hydrogen-bond donors (Lipinski definition) is 2. The lowest BCUT2D eigenvalue weighted by molar-refractivity contribution is 0.214. The van der Waals surface area contributed by atoms with Crippen LogP contribution in [0, 0.1) is 0 Å². The van der Waals surface area contributed by atoms with Crippen molar-refractivity contribution in [2.24, 2.45) is 0 Å². The zero-order chi connectivity index (χ0) is 14.2. The molecule has 0 spiro atoms. The van der Waals surface area contributed by atoms with Gasteiger partial charge in [0.25, 0.3) is 0 Å². The smallest absolute Gasteiger partial charge is 0.241 e. The lowest BCUT2D eigenvalue weighted by atomic mass is 9.76. The number of nitrogens with one attached hydrogen (secondary N) is 2. The molecule has 2 aliphatic rings. The largest absolute Gasteiger partial charge is 0.385 e. The third-order valence-electron chi connectivity index (χ3n) is 4.66. The molecule has 1 aromatic carbocycles. The summed E-state index contributed by atoms with van der Waals surface area (Å²) in [4.78, 5) is 0.402. The quantitative estimate of drug-likeness (QED) is 0.897. The highest BCUT2D eigenvalue weighted by Crippen LogP contribution is 2.36. The van der Waals surface area contributed by atoms with Crippen molar-refractivity contribution in [2.45, 2.75) is 55.9 Å². The molecule has 4 nitrogen and oxygen atoms in total. The van der Waals surface area contributed by atoms with Gasteiger partial charge in [-0.2, -0.15) is 0 Å². The predicted octanol–water partition coefficient (Wildman–Crippen LogP) is 2.66. The molecular weight excluding hydrogens is 272 g/mol. The molecule has 2 N–H and O–H groups in total. The fraction of sp³-hybridized carbons (Fsp3) is 0.600. The lowest BCUT2D eigenvalue weighted by Gasteiger charge is -2.41. The van der Waals surface area contributed by atoms with Crippen LogP contribution in [-0.4, -0.2) is 20.5 Å². The Balaban J connectivity index is 1.87. The van der Waals surface area contributed by atoms with Crippen LogP contribution < -0.4 is 10.0 Å². The molecule has 0 aromatic heterocycles.